The minimum absolute atomic E-state index is 0.128. The number of β-lactam (4-membered cyclic amide) rings is 1. The summed E-state index contributed by atoms with van der Waals surface area (Å²) in [5.74, 6) is -1.27. The number of thiazole rings is 1. The smallest absolute Gasteiger partial charge is 0.355 e. The van der Waals surface area contributed by atoms with Gasteiger partial charge in [0, 0.05) is 10.6 Å². The number of thioether (sulfide) groups is 1. The first-order chi connectivity index (χ1) is 12.4. The van der Waals surface area contributed by atoms with Gasteiger partial charge in [-0.25, -0.2) is 14.6 Å². The molecular weight excluding hydrogens is 378 g/mol. The summed E-state index contributed by atoms with van der Waals surface area (Å²) < 4.78 is 9.47. The van der Waals surface area contributed by atoms with Crippen LogP contribution in [0.3, 0.4) is 0 Å². The molecule has 10 heteroatoms. The molecule has 0 saturated carbocycles. The highest BCUT2D eigenvalue weighted by Gasteiger charge is 2.51. The highest BCUT2D eigenvalue weighted by molar-refractivity contribution is 8.00. The van der Waals surface area contributed by atoms with Gasteiger partial charge < -0.3 is 15.2 Å². The molecule has 1 saturated heterocycles. The predicted molar refractivity (Wildman–Crippen MR) is 97.0 cm³/mol. The lowest BCUT2D eigenvalue weighted by Gasteiger charge is -2.48. The maximum Gasteiger partial charge on any atom is 0.355 e. The summed E-state index contributed by atoms with van der Waals surface area (Å²) in [4.78, 5) is 42.4. The van der Waals surface area contributed by atoms with Gasteiger partial charge in [0.2, 0.25) is 5.91 Å². The van der Waals surface area contributed by atoms with Gasteiger partial charge in [-0.1, -0.05) is 6.08 Å². The molecule has 1 aromatic heterocycles. The SMILES string of the molecule is COC(=O)COC(=O)C1=C(/C=C\c2scnc2C)CS[C@H]2C(N)C(=O)N12. The number of carbonyl (C=O) groups excluding carboxylic acids is 3. The van der Waals surface area contributed by atoms with Crippen molar-refractivity contribution in [1.82, 2.24) is 9.88 Å². The van der Waals surface area contributed by atoms with Crippen molar-refractivity contribution in [2.45, 2.75) is 18.3 Å². The molecule has 0 bridgehead atoms. The van der Waals surface area contributed by atoms with Crippen LogP contribution >= 0.6 is 23.1 Å². The number of amides is 1. The Morgan fingerprint density at radius 3 is 2.88 bits per heavy atom. The van der Waals surface area contributed by atoms with Gasteiger partial charge in [0.1, 0.15) is 17.1 Å². The molecule has 0 spiro atoms. The number of nitrogens with zero attached hydrogens (tertiary/aromatic N) is 2. The highest BCUT2D eigenvalue weighted by atomic mass is 32.2. The van der Waals surface area contributed by atoms with Crippen molar-refractivity contribution in [1.29, 1.82) is 0 Å². The van der Waals surface area contributed by atoms with Gasteiger partial charge >= 0.3 is 11.9 Å². The maximum absolute atomic E-state index is 12.5. The number of hydrogen-bond donors (Lipinski definition) is 1. The Bertz CT molecular complexity index is 817. The summed E-state index contributed by atoms with van der Waals surface area (Å²) in [6, 6.07) is -0.641. The number of fused-ring (bicyclic) bond motifs is 1. The number of carbonyl (C=O) groups is 3. The molecule has 2 aliphatic rings. The zero-order chi connectivity index (χ0) is 18.8. The van der Waals surface area contributed by atoms with Gasteiger partial charge in [-0.3, -0.25) is 9.69 Å². The van der Waals surface area contributed by atoms with Crippen LogP contribution in [0.2, 0.25) is 0 Å². The van der Waals surface area contributed by atoms with Crippen LogP contribution in [0.1, 0.15) is 10.6 Å². The molecule has 0 aromatic carbocycles. The quantitative estimate of drug-likeness (QED) is 0.572. The molecule has 0 aliphatic carbocycles. The first-order valence-electron chi connectivity index (χ1n) is 7.69. The van der Waals surface area contributed by atoms with Gasteiger partial charge in [0.05, 0.1) is 18.3 Å². The maximum atomic E-state index is 12.5. The largest absolute Gasteiger partial charge is 0.466 e. The molecule has 1 amide bonds. The fourth-order valence-corrected chi connectivity index (χ4v) is 4.52. The Morgan fingerprint density at radius 2 is 2.23 bits per heavy atom. The molecule has 138 valence electrons. The van der Waals surface area contributed by atoms with E-state index in [0.29, 0.717) is 11.3 Å². The van der Waals surface area contributed by atoms with Crippen molar-refractivity contribution >= 4 is 47.0 Å². The van der Waals surface area contributed by atoms with Gasteiger partial charge in [0.15, 0.2) is 6.61 Å². The minimum atomic E-state index is -0.748. The summed E-state index contributed by atoms with van der Waals surface area (Å²) in [7, 11) is 1.20. The minimum Gasteiger partial charge on any atom is -0.466 e. The topological polar surface area (TPSA) is 112 Å². The van der Waals surface area contributed by atoms with E-state index in [1.165, 1.54) is 35.1 Å². The molecule has 2 N–H and O–H groups in total. The fraction of sp³-hybridized carbons (Fsp3) is 0.375. The van der Waals surface area contributed by atoms with E-state index in [1.54, 1.807) is 11.6 Å². The highest BCUT2D eigenvalue weighted by Crippen LogP contribution is 2.40. The molecule has 1 unspecified atom stereocenters. The van der Waals surface area contributed by atoms with Crippen LogP contribution in [0.4, 0.5) is 0 Å². The Kier molecular flexibility index (Phi) is 5.44. The normalized spacial score (nSPS) is 22.3. The van der Waals surface area contributed by atoms with Crippen molar-refractivity contribution in [2.24, 2.45) is 5.73 Å². The average Bonchev–Trinajstić information content (AvgIpc) is 3.07. The molecule has 2 aliphatic heterocycles. The predicted octanol–water partition coefficient (Wildman–Crippen LogP) is 0.677. The molecule has 2 atom stereocenters. The lowest BCUT2D eigenvalue weighted by molar-refractivity contribution is -0.158. The summed E-state index contributed by atoms with van der Waals surface area (Å²) in [6.45, 7) is 1.37. The molecule has 1 aromatic rings. The zero-order valence-electron chi connectivity index (χ0n) is 14.1. The Balaban J connectivity index is 1.89. The van der Waals surface area contributed by atoms with E-state index in [2.05, 4.69) is 9.72 Å². The van der Waals surface area contributed by atoms with E-state index in [9.17, 15) is 14.4 Å². The first kappa shape index (κ1) is 18.6. The van der Waals surface area contributed by atoms with Crippen LogP contribution in [0.15, 0.2) is 22.9 Å². The van der Waals surface area contributed by atoms with Crippen LogP contribution in [-0.2, 0) is 23.9 Å². The van der Waals surface area contributed by atoms with Crippen LogP contribution in [0.25, 0.3) is 6.08 Å². The number of hydrogen-bond acceptors (Lipinski definition) is 9. The number of ether oxygens (including phenoxy) is 2. The van der Waals surface area contributed by atoms with Crippen molar-refractivity contribution in [3.8, 4) is 0 Å². The van der Waals surface area contributed by atoms with Crippen LogP contribution in [0.5, 0.6) is 0 Å². The van der Waals surface area contributed by atoms with E-state index in [-0.39, 0.29) is 17.0 Å². The van der Waals surface area contributed by atoms with Crippen molar-refractivity contribution in [2.75, 3.05) is 19.5 Å². The van der Waals surface area contributed by atoms with Gasteiger partial charge in [-0.2, -0.15) is 0 Å². The van der Waals surface area contributed by atoms with E-state index in [0.717, 1.165) is 10.6 Å². The standard InChI is InChI=1S/C16H17N3O5S2/c1-8-10(26-7-18-8)4-3-9-6-25-15-12(17)14(21)19(15)13(9)16(22)24-5-11(20)23-2/h3-4,7,12,15H,5-6,17H2,1-2H3/b4-3-/t12?,15-/m0/s1. The van der Waals surface area contributed by atoms with E-state index in [4.69, 9.17) is 10.5 Å². The van der Waals surface area contributed by atoms with Crippen molar-refractivity contribution in [3.05, 3.63) is 33.4 Å². The Labute approximate surface area is 158 Å². The van der Waals surface area contributed by atoms with Crippen LogP contribution < -0.4 is 5.73 Å². The summed E-state index contributed by atoms with van der Waals surface area (Å²) >= 11 is 2.96. The van der Waals surface area contributed by atoms with Crippen LogP contribution in [0, 0.1) is 6.92 Å². The van der Waals surface area contributed by atoms with Gasteiger partial charge in [0.25, 0.3) is 0 Å². The molecular formula is C16H17N3O5S2. The molecule has 0 radical (unpaired) electrons. The molecule has 8 nitrogen and oxygen atoms in total. The lowest BCUT2D eigenvalue weighted by Crippen LogP contribution is -2.68. The van der Waals surface area contributed by atoms with E-state index in [1.807, 2.05) is 13.0 Å². The monoisotopic (exact) mass is 395 g/mol. The molecule has 3 rings (SSSR count). The number of aryl methyl sites for hydroxylation is 1. The second-order valence-corrected chi connectivity index (χ2v) is 7.59. The zero-order valence-corrected chi connectivity index (χ0v) is 15.8. The Hall–Kier alpha value is -2.17. The third-order valence-corrected chi connectivity index (χ3v) is 6.22. The number of aromatic nitrogens is 1. The molecule has 3 heterocycles. The summed E-state index contributed by atoms with van der Waals surface area (Å²) in [5, 5.41) is -0.300. The van der Waals surface area contributed by atoms with Crippen LogP contribution in [-0.4, -0.2) is 58.6 Å². The third kappa shape index (κ3) is 3.39. The average molecular weight is 395 g/mol. The Morgan fingerprint density at radius 1 is 1.46 bits per heavy atom. The third-order valence-electron chi connectivity index (χ3n) is 4.00. The lowest BCUT2D eigenvalue weighted by atomic mass is 10.0. The summed E-state index contributed by atoms with van der Waals surface area (Å²) in [6.07, 6.45) is 3.62. The molecule has 26 heavy (non-hydrogen) atoms. The number of esters is 2. The van der Waals surface area contributed by atoms with Crippen molar-refractivity contribution < 1.29 is 23.9 Å². The number of allylic oxidation sites excluding steroid dienone is 1. The summed E-state index contributed by atoms with van der Waals surface area (Å²) in [5.41, 5.74) is 9.19. The van der Waals surface area contributed by atoms with E-state index < -0.39 is 24.6 Å². The number of nitrogens with two attached hydrogens (primary N) is 1. The number of methoxy groups -OCH3 is 1. The van der Waals surface area contributed by atoms with E-state index >= 15 is 0 Å². The molecule has 1 fully saturated rings. The van der Waals surface area contributed by atoms with Crippen molar-refractivity contribution in [3.63, 3.8) is 0 Å². The second-order valence-electron chi connectivity index (χ2n) is 5.60. The number of rotatable bonds is 5. The fourth-order valence-electron chi connectivity index (χ4n) is 2.56. The van der Waals surface area contributed by atoms with Gasteiger partial charge in [-0.15, -0.1) is 23.1 Å². The van der Waals surface area contributed by atoms with Gasteiger partial charge in [-0.05, 0) is 18.6 Å². The first-order valence-corrected chi connectivity index (χ1v) is 9.62. The second kappa shape index (κ2) is 7.60.